The van der Waals surface area contributed by atoms with Gasteiger partial charge in [-0.2, -0.15) is 5.10 Å². The molecule has 8 nitrogen and oxygen atoms in total. The van der Waals surface area contributed by atoms with Crippen molar-refractivity contribution in [1.82, 2.24) is 20.6 Å². The van der Waals surface area contributed by atoms with Crippen molar-refractivity contribution in [2.45, 2.75) is 6.92 Å². The number of rotatable bonds is 7. The second kappa shape index (κ2) is 10.5. The summed E-state index contributed by atoms with van der Waals surface area (Å²) >= 11 is 0. The number of nitrogens with one attached hydrogen (secondary N) is 3. The number of para-hydroxylation sites is 2. The Hall–Kier alpha value is -4.66. The smallest absolute Gasteiger partial charge is 0.273 e. The van der Waals surface area contributed by atoms with E-state index in [4.69, 9.17) is 4.74 Å². The van der Waals surface area contributed by atoms with E-state index in [-0.39, 0.29) is 17.9 Å². The van der Waals surface area contributed by atoms with Crippen LogP contribution < -0.4 is 20.9 Å². The fourth-order valence-corrected chi connectivity index (χ4v) is 3.40. The number of anilines is 1. The van der Waals surface area contributed by atoms with E-state index in [1.807, 2.05) is 43.3 Å². The van der Waals surface area contributed by atoms with Gasteiger partial charge in [0.05, 0.1) is 30.6 Å². The van der Waals surface area contributed by atoms with Crippen LogP contribution in [0.2, 0.25) is 0 Å². The van der Waals surface area contributed by atoms with Crippen molar-refractivity contribution in [2.24, 2.45) is 0 Å². The molecule has 1 aromatic heterocycles. The molecule has 4 rings (SSSR count). The zero-order valence-corrected chi connectivity index (χ0v) is 19.2. The van der Waals surface area contributed by atoms with Gasteiger partial charge in [0, 0.05) is 11.8 Å². The highest BCUT2D eigenvalue weighted by atomic mass is 19.1. The van der Waals surface area contributed by atoms with Crippen molar-refractivity contribution in [3.05, 3.63) is 95.9 Å². The summed E-state index contributed by atoms with van der Waals surface area (Å²) in [6, 6.07) is 20.5. The van der Waals surface area contributed by atoms with E-state index in [2.05, 4.69) is 21.3 Å². The summed E-state index contributed by atoms with van der Waals surface area (Å²) in [6.07, 6.45) is 1.54. The van der Waals surface area contributed by atoms with Crippen LogP contribution in [0.25, 0.3) is 16.9 Å². The van der Waals surface area contributed by atoms with Gasteiger partial charge in [0.15, 0.2) is 0 Å². The Balaban J connectivity index is 1.50. The molecule has 0 radical (unpaired) electrons. The Morgan fingerprint density at radius 2 is 1.69 bits per heavy atom. The van der Waals surface area contributed by atoms with Gasteiger partial charge in [-0.3, -0.25) is 20.4 Å². The summed E-state index contributed by atoms with van der Waals surface area (Å²) in [6.45, 7) is 1.88. The zero-order chi connectivity index (χ0) is 24.8. The third kappa shape index (κ3) is 5.64. The lowest BCUT2D eigenvalue weighted by Gasteiger charge is -2.11. The summed E-state index contributed by atoms with van der Waals surface area (Å²) in [5.41, 5.74) is 8.54. The van der Waals surface area contributed by atoms with Crippen molar-refractivity contribution in [3.63, 3.8) is 0 Å². The molecule has 0 saturated heterocycles. The van der Waals surface area contributed by atoms with Crippen molar-refractivity contribution >= 4 is 17.5 Å². The standard InChI is InChI=1S/C26H24FN5O3/c1-17-7-9-18(10-8-17)25-21(16-32(31-25)20-13-11-19(27)12-14-20)26(34)30-29-24(33)15-28-22-5-3-4-6-23(22)35-2/h3-14,16,28H,15H2,1-2H3,(H,29,33)(H,30,34). The molecular formula is C26H24FN5O3. The van der Waals surface area contributed by atoms with Gasteiger partial charge in [-0.25, -0.2) is 9.07 Å². The number of amides is 2. The SMILES string of the molecule is COc1ccccc1NCC(=O)NNC(=O)c1cn(-c2ccc(F)cc2)nc1-c1ccc(C)cc1. The largest absolute Gasteiger partial charge is 0.495 e. The molecule has 2 amide bonds. The summed E-state index contributed by atoms with van der Waals surface area (Å²) in [4.78, 5) is 25.3. The average molecular weight is 474 g/mol. The van der Waals surface area contributed by atoms with E-state index >= 15 is 0 Å². The van der Waals surface area contributed by atoms with E-state index in [1.54, 1.807) is 31.4 Å². The second-order valence-electron chi connectivity index (χ2n) is 7.73. The van der Waals surface area contributed by atoms with Gasteiger partial charge >= 0.3 is 0 Å². The Labute approximate surface area is 201 Å². The molecule has 0 aliphatic carbocycles. The Morgan fingerprint density at radius 3 is 2.40 bits per heavy atom. The van der Waals surface area contributed by atoms with Crippen molar-refractivity contribution in [3.8, 4) is 22.7 Å². The molecule has 0 spiro atoms. The number of hydrogen-bond donors (Lipinski definition) is 3. The fourth-order valence-electron chi connectivity index (χ4n) is 3.40. The van der Waals surface area contributed by atoms with Crippen LogP contribution in [0.4, 0.5) is 10.1 Å². The normalized spacial score (nSPS) is 10.5. The number of aromatic nitrogens is 2. The highest BCUT2D eigenvalue weighted by molar-refractivity contribution is 6.00. The minimum absolute atomic E-state index is 0.0830. The molecule has 3 N–H and O–H groups in total. The number of ether oxygens (including phenoxy) is 1. The van der Waals surface area contributed by atoms with E-state index in [1.165, 1.54) is 23.0 Å². The lowest BCUT2D eigenvalue weighted by Crippen LogP contribution is -2.44. The predicted octanol–water partition coefficient (Wildman–Crippen LogP) is 3.87. The van der Waals surface area contributed by atoms with Crippen LogP contribution in [0.1, 0.15) is 15.9 Å². The highest BCUT2D eigenvalue weighted by Gasteiger charge is 2.19. The van der Waals surface area contributed by atoms with Gasteiger partial charge in [0.25, 0.3) is 11.8 Å². The molecule has 0 aliphatic heterocycles. The van der Waals surface area contributed by atoms with Crippen LogP contribution >= 0.6 is 0 Å². The van der Waals surface area contributed by atoms with Gasteiger partial charge in [-0.15, -0.1) is 0 Å². The number of hydrogen-bond acceptors (Lipinski definition) is 5. The molecule has 0 bridgehead atoms. The van der Waals surface area contributed by atoms with E-state index in [9.17, 15) is 14.0 Å². The number of halogens is 1. The summed E-state index contributed by atoms with van der Waals surface area (Å²) in [5, 5.41) is 7.51. The lowest BCUT2D eigenvalue weighted by molar-refractivity contribution is -0.120. The minimum Gasteiger partial charge on any atom is -0.495 e. The van der Waals surface area contributed by atoms with Crippen molar-refractivity contribution < 1.29 is 18.7 Å². The first kappa shape index (κ1) is 23.5. The number of aryl methyl sites for hydroxylation is 1. The molecule has 4 aromatic rings. The third-order valence-corrected chi connectivity index (χ3v) is 5.24. The molecule has 0 saturated carbocycles. The Morgan fingerprint density at radius 1 is 0.971 bits per heavy atom. The molecule has 0 aliphatic rings. The van der Waals surface area contributed by atoms with E-state index < -0.39 is 11.8 Å². The Bertz CT molecular complexity index is 1330. The summed E-state index contributed by atoms with van der Waals surface area (Å²) in [5.74, 6) is -0.769. The summed E-state index contributed by atoms with van der Waals surface area (Å²) in [7, 11) is 1.54. The highest BCUT2D eigenvalue weighted by Crippen LogP contribution is 2.25. The molecule has 35 heavy (non-hydrogen) atoms. The fraction of sp³-hybridized carbons (Fsp3) is 0.115. The van der Waals surface area contributed by atoms with Crippen molar-refractivity contribution in [1.29, 1.82) is 0 Å². The lowest BCUT2D eigenvalue weighted by atomic mass is 10.1. The molecule has 9 heteroatoms. The molecule has 1 heterocycles. The molecule has 0 unspecified atom stereocenters. The quantitative estimate of drug-likeness (QED) is 0.354. The second-order valence-corrected chi connectivity index (χ2v) is 7.73. The maximum Gasteiger partial charge on any atom is 0.273 e. The van der Waals surface area contributed by atoms with Gasteiger partial charge < -0.3 is 10.1 Å². The first-order valence-electron chi connectivity index (χ1n) is 10.8. The minimum atomic E-state index is -0.542. The topological polar surface area (TPSA) is 97.3 Å². The molecule has 0 fully saturated rings. The first-order valence-corrected chi connectivity index (χ1v) is 10.8. The monoisotopic (exact) mass is 473 g/mol. The van der Waals surface area contributed by atoms with E-state index in [0.717, 1.165) is 11.1 Å². The Kier molecular flexibility index (Phi) is 7.06. The van der Waals surface area contributed by atoms with Gasteiger partial charge in [-0.05, 0) is 43.3 Å². The number of carbonyl (C=O) groups is 2. The molecule has 3 aromatic carbocycles. The number of carbonyl (C=O) groups excluding carboxylic acids is 2. The number of hydrazine groups is 1. The van der Waals surface area contributed by atoms with Gasteiger partial charge in [0.2, 0.25) is 0 Å². The molecular weight excluding hydrogens is 449 g/mol. The van der Waals surface area contributed by atoms with Crippen molar-refractivity contribution in [2.75, 3.05) is 19.0 Å². The molecule has 178 valence electrons. The van der Waals surface area contributed by atoms with Crippen LogP contribution in [0.5, 0.6) is 5.75 Å². The summed E-state index contributed by atoms with van der Waals surface area (Å²) < 4.78 is 20.1. The number of benzene rings is 3. The molecule has 0 atom stereocenters. The van der Waals surface area contributed by atoms with E-state index in [0.29, 0.717) is 22.8 Å². The number of nitrogens with zero attached hydrogens (tertiary/aromatic N) is 2. The van der Waals surface area contributed by atoms with Crippen LogP contribution in [-0.2, 0) is 4.79 Å². The number of methoxy groups -OCH3 is 1. The third-order valence-electron chi connectivity index (χ3n) is 5.24. The zero-order valence-electron chi connectivity index (χ0n) is 19.2. The predicted molar refractivity (Wildman–Crippen MR) is 131 cm³/mol. The first-order chi connectivity index (χ1) is 16.9. The maximum atomic E-state index is 13.4. The van der Waals surface area contributed by atoms with Gasteiger partial charge in [-0.1, -0.05) is 42.0 Å². The van der Waals surface area contributed by atoms with Gasteiger partial charge in [0.1, 0.15) is 17.3 Å². The van der Waals surface area contributed by atoms with Crippen LogP contribution in [0.3, 0.4) is 0 Å². The van der Waals surface area contributed by atoms with Crippen LogP contribution in [0, 0.1) is 12.7 Å². The maximum absolute atomic E-state index is 13.4. The van der Waals surface area contributed by atoms with Crippen LogP contribution in [0.15, 0.2) is 79.0 Å². The van der Waals surface area contributed by atoms with Crippen LogP contribution in [-0.4, -0.2) is 35.2 Å². The average Bonchev–Trinajstić information content (AvgIpc) is 3.32.